The minimum Gasteiger partial charge on any atom is -0.396 e. The normalized spacial score (nSPS) is 23.2. The molecule has 1 aromatic rings. The molecule has 186 valence electrons. The van der Waals surface area contributed by atoms with E-state index in [9.17, 15) is 9.59 Å². The number of likely N-dealkylation sites (tertiary alicyclic amines) is 1. The maximum Gasteiger partial charge on any atom is 0.324 e. The van der Waals surface area contributed by atoms with E-state index in [0.29, 0.717) is 36.6 Å². The molecule has 1 aliphatic heterocycles. The Balaban J connectivity index is 1.69. The number of fused-ring (bicyclic) bond motifs is 2. The van der Waals surface area contributed by atoms with Gasteiger partial charge in [0.15, 0.2) is 0 Å². The van der Waals surface area contributed by atoms with Gasteiger partial charge in [0.25, 0.3) is 0 Å². The zero-order chi connectivity index (χ0) is 24.5. The molecule has 1 aromatic heterocycles. The molecule has 0 aromatic carbocycles. The molecule has 5 N–H and O–H groups in total. The lowest BCUT2D eigenvalue weighted by molar-refractivity contribution is -0.135. The standard InChI is InChI=1S/C24H42N6O2S/c1-7-24(8-2,28(4)5)14-27-23(32)30(9-3)22(31)16-10-15-11-17-19(33-21(26)20(17)25)12-18(15)29(6)13-16/h15-16,18H,7-14,25-26H2,1-6H3,(H,27,32)/t15-,16-,18-/m1/s1. The molecule has 2 aliphatic rings. The third-order valence-electron chi connectivity index (χ3n) is 8.24. The second kappa shape index (κ2) is 10.2. The first kappa shape index (κ1) is 25.8. The Kier molecular flexibility index (Phi) is 7.96. The highest BCUT2D eigenvalue weighted by atomic mass is 32.1. The van der Waals surface area contributed by atoms with Gasteiger partial charge in [0, 0.05) is 36.1 Å². The Bertz CT molecular complexity index is 865. The number of carbonyl (C=O) groups excluding carboxylic acids is 2. The molecule has 9 heteroatoms. The van der Waals surface area contributed by atoms with Crippen LogP contribution in [0, 0.1) is 11.8 Å². The molecule has 0 saturated carbocycles. The summed E-state index contributed by atoms with van der Waals surface area (Å²) in [5.41, 5.74) is 14.1. The number of carbonyl (C=O) groups is 2. The SMILES string of the molecule is CCN(C(=O)NCC(CC)(CC)N(C)C)C(=O)[C@@H]1C[C@@H]2Cc3c(sc(N)c3N)C[C@H]2N(C)C1. The molecule has 0 unspecified atom stereocenters. The molecule has 3 rings (SSSR count). The molecule has 2 heterocycles. The topological polar surface area (TPSA) is 108 Å². The number of likely N-dealkylation sites (N-methyl/N-ethyl adjacent to an activating group) is 2. The molecule has 0 radical (unpaired) electrons. The number of nitrogens with zero attached hydrogens (tertiary/aromatic N) is 3. The number of urea groups is 1. The Hall–Kier alpha value is -1.84. The second-order valence-corrected chi connectivity index (χ2v) is 11.1. The lowest BCUT2D eigenvalue weighted by atomic mass is 9.74. The second-order valence-electron chi connectivity index (χ2n) is 9.96. The van der Waals surface area contributed by atoms with Crippen molar-refractivity contribution in [2.45, 2.75) is 64.5 Å². The van der Waals surface area contributed by atoms with Crippen molar-refractivity contribution in [3.63, 3.8) is 0 Å². The fourth-order valence-corrected chi connectivity index (χ4v) is 6.87. The summed E-state index contributed by atoms with van der Waals surface area (Å²) >= 11 is 1.60. The quantitative estimate of drug-likeness (QED) is 0.556. The van der Waals surface area contributed by atoms with Gasteiger partial charge < -0.3 is 26.6 Å². The summed E-state index contributed by atoms with van der Waals surface area (Å²) in [6, 6.07) is 0.0962. The van der Waals surface area contributed by atoms with Gasteiger partial charge in [-0.15, -0.1) is 11.3 Å². The Morgan fingerprint density at radius 1 is 1.18 bits per heavy atom. The Morgan fingerprint density at radius 3 is 2.42 bits per heavy atom. The molecule has 0 spiro atoms. The molecule has 3 atom stereocenters. The molecule has 33 heavy (non-hydrogen) atoms. The van der Waals surface area contributed by atoms with Crippen LogP contribution in [0.15, 0.2) is 0 Å². The number of rotatable bonds is 7. The number of thiophene rings is 1. The largest absolute Gasteiger partial charge is 0.396 e. The summed E-state index contributed by atoms with van der Waals surface area (Å²) in [7, 11) is 6.17. The van der Waals surface area contributed by atoms with Crippen LogP contribution in [0.1, 0.15) is 50.5 Å². The molecular formula is C24H42N6O2S. The molecule has 8 nitrogen and oxygen atoms in total. The number of nitrogen functional groups attached to an aromatic ring is 2. The van der Waals surface area contributed by atoms with Gasteiger partial charge in [-0.2, -0.15) is 0 Å². The van der Waals surface area contributed by atoms with E-state index in [0.717, 1.165) is 37.8 Å². The molecule has 1 saturated heterocycles. The van der Waals surface area contributed by atoms with E-state index in [-0.39, 0.29) is 23.4 Å². The Labute approximate surface area is 202 Å². The van der Waals surface area contributed by atoms with Gasteiger partial charge in [0.2, 0.25) is 5.91 Å². The van der Waals surface area contributed by atoms with Gasteiger partial charge in [-0.25, -0.2) is 4.79 Å². The van der Waals surface area contributed by atoms with Gasteiger partial charge in [-0.05, 0) is 71.7 Å². The van der Waals surface area contributed by atoms with E-state index in [1.54, 1.807) is 11.3 Å². The van der Waals surface area contributed by atoms with E-state index >= 15 is 0 Å². The number of hydrogen-bond acceptors (Lipinski definition) is 7. The number of amides is 3. The zero-order valence-electron chi connectivity index (χ0n) is 21.1. The van der Waals surface area contributed by atoms with Crippen LogP contribution in [0.2, 0.25) is 0 Å². The molecule has 1 aliphatic carbocycles. The molecule has 0 bridgehead atoms. The van der Waals surface area contributed by atoms with Crippen molar-refractivity contribution in [1.82, 2.24) is 20.0 Å². The third kappa shape index (κ3) is 4.86. The monoisotopic (exact) mass is 478 g/mol. The highest BCUT2D eigenvalue weighted by Gasteiger charge is 2.43. The van der Waals surface area contributed by atoms with Gasteiger partial charge in [0.05, 0.1) is 11.6 Å². The fourth-order valence-electron chi connectivity index (χ4n) is 5.80. The van der Waals surface area contributed by atoms with Crippen molar-refractivity contribution >= 4 is 34.0 Å². The summed E-state index contributed by atoms with van der Waals surface area (Å²) in [6.45, 7) is 7.69. The molecule has 3 amide bonds. The van der Waals surface area contributed by atoms with Crippen LogP contribution in [-0.4, -0.2) is 79.0 Å². The van der Waals surface area contributed by atoms with E-state index in [2.05, 4.69) is 36.0 Å². The van der Waals surface area contributed by atoms with Crippen LogP contribution < -0.4 is 16.8 Å². The van der Waals surface area contributed by atoms with E-state index in [1.807, 2.05) is 21.0 Å². The summed E-state index contributed by atoms with van der Waals surface area (Å²) < 4.78 is 0. The number of nitrogens with one attached hydrogen (secondary N) is 1. The molecular weight excluding hydrogens is 436 g/mol. The minimum absolute atomic E-state index is 0.0765. The number of anilines is 2. The van der Waals surface area contributed by atoms with E-state index in [1.165, 1.54) is 15.3 Å². The first-order valence-corrected chi connectivity index (χ1v) is 13.0. The summed E-state index contributed by atoms with van der Waals surface area (Å²) in [5, 5.41) is 3.75. The van der Waals surface area contributed by atoms with Crippen molar-refractivity contribution in [2.24, 2.45) is 11.8 Å². The highest BCUT2D eigenvalue weighted by Crippen LogP contribution is 2.44. The maximum atomic E-state index is 13.5. The van der Waals surface area contributed by atoms with Crippen LogP contribution in [0.5, 0.6) is 0 Å². The maximum absolute atomic E-state index is 13.5. The zero-order valence-corrected chi connectivity index (χ0v) is 21.9. The number of imide groups is 1. The van der Waals surface area contributed by atoms with Gasteiger partial charge in [-0.3, -0.25) is 9.69 Å². The van der Waals surface area contributed by atoms with Crippen LogP contribution in [0.25, 0.3) is 0 Å². The third-order valence-corrected chi connectivity index (χ3v) is 9.34. The predicted octanol–water partition coefficient (Wildman–Crippen LogP) is 2.63. The first-order chi connectivity index (χ1) is 15.6. The number of hydrogen-bond donors (Lipinski definition) is 3. The first-order valence-electron chi connectivity index (χ1n) is 12.2. The predicted molar refractivity (Wildman–Crippen MR) is 136 cm³/mol. The van der Waals surface area contributed by atoms with Crippen molar-refractivity contribution in [2.75, 3.05) is 52.2 Å². The van der Waals surface area contributed by atoms with E-state index < -0.39 is 0 Å². The van der Waals surface area contributed by atoms with Crippen LogP contribution in [0.4, 0.5) is 15.5 Å². The van der Waals surface area contributed by atoms with Gasteiger partial charge in [0.1, 0.15) is 5.00 Å². The van der Waals surface area contributed by atoms with Crippen molar-refractivity contribution in [1.29, 1.82) is 0 Å². The van der Waals surface area contributed by atoms with Crippen molar-refractivity contribution in [3.05, 3.63) is 10.4 Å². The van der Waals surface area contributed by atoms with Crippen LogP contribution in [-0.2, 0) is 17.6 Å². The fraction of sp³-hybridized carbons (Fsp3) is 0.750. The van der Waals surface area contributed by atoms with E-state index in [4.69, 9.17) is 11.5 Å². The summed E-state index contributed by atoms with van der Waals surface area (Å²) in [6.07, 6.45) is 4.40. The summed E-state index contributed by atoms with van der Waals surface area (Å²) in [4.78, 5) is 33.7. The Morgan fingerprint density at radius 2 is 1.85 bits per heavy atom. The van der Waals surface area contributed by atoms with Crippen LogP contribution >= 0.6 is 11.3 Å². The minimum atomic E-state index is -0.291. The van der Waals surface area contributed by atoms with Gasteiger partial charge in [-0.1, -0.05) is 13.8 Å². The smallest absolute Gasteiger partial charge is 0.324 e. The van der Waals surface area contributed by atoms with Gasteiger partial charge >= 0.3 is 6.03 Å². The molecule has 1 fully saturated rings. The lowest BCUT2D eigenvalue weighted by Gasteiger charge is -2.45. The average molecular weight is 479 g/mol. The number of nitrogens with two attached hydrogens (primary N) is 2. The highest BCUT2D eigenvalue weighted by molar-refractivity contribution is 7.16. The van der Waals surface area contributed by atoms with Crippen molar-refractivity contribution in [3.8, 4) is 0 Å². The van der Waals surface area contributed by atoms with Crippen molar-refractivity contribution < 1.29 is 9.59 Å². The number of piperidine rings is 1. The van der Waals surface area contributed by atoms with Crippen LogP contribution in [0.3, 0.4) is 0 Å². The average Bonchev–Trinajstić information content (AvgIpc) is 3.06. The summed E-state index contributed by atoms with van der Waals surface area (Å²) in [5.74, 6) is 0.0638. The lowest BCUT2D eigenvalue weighted by Crippen LogP contribution is -2.57.